The molecule has 1 nitrogen and oxygen atoms in total. The van der Waals surface area contributed by atoms with Gasteiger partial charge in [0.05, 0.1) is 10.6 Å². The molecule has 0 aliphatic heterocycles. The molecule has 0 atom stereocenters. The number of halogens is 2. The molecule has 15 heavy (non-hydrogen) atoms. The molecule has 3 heteroatoms. The van der Waals surface area contributed by atoms with E-state index < -0.39 is 5.82 Å². The van der Waals surface area contributed by atoms with E-state index in [0.717, 1.165) is 25.7 Å². The first kappa shape index (κ1) is 10.6. The van der Waals surface area contributed by atoms with Crippen LogP contribution in [0.3, 0.4) is 0 Å². The van der Waals surface area contributed by atoms with Crippen molar-refractivity contribution in [3.8, 4) is 0 Å². The Morgan fingerprint density at radius 3 is 2.67 bits per heavy atom. The van der Waals surface area contributed by atoms with Gasteiger partial charge in [0.2, 0.25) is 0 Å². The SMILES string of the molecule is O=C(c1cccc(Cl)c1F)C1CCCC1. The fourth-order valence-electron chi connectivity index (χ4n) is 2.10. The molecule has 1 saturated carbocycles. The zero-order valence-electron chi connectivity index (χ0n) is 8.30. The van der Waals surface area contributed by atoms with E-state index in [1.54, 1.807) is 6.07 Å². The van der Waals surface area contributed by atoms with Crippen LogP contribution in [-0.4, -0.2) is 5.78 Å². The smallest absolute Gasteiger partial charge is 0.168 e. The summed E-state index contributed by atoms with van der Waals surface area (Å²) in [6, 6.07) is 4.60. The Balaban J connectivity index is 2.28. The van der Waals surface area contributed by atoms with Gasteiger partial charge in [-0.05, 0) is 25.0 Å². The van der Waals surface area contributed by atoms with Crippen LogP contribution in [0.1, 0.15) is 36.0 Å². The van der Waals surface area contributed by atoms with Crippen LogP contribution in [0.25, 0.3) is 0 Å². The molecule has 0 unspecified atom stereocenters. The summed E-state index contributed by atoms with van der Waals surface area (Å²) in [6.45, 7) is 0. The van der Waals surface area contributed by atoms with Crippen molar-refractivity contribution in [3.05, 3.63) is 34.6 Å². The Morgan fingerprint density at radius 2 is 2.00 bits per heavy atom. The van der Waals surface area contributed by atoms with Gasteiger partial charge in [0.25, 0.3) is 0 Å². The zero-order chi connectivity index (χ0) is 10.8. The van der Waals surface area contributed by atoms with Crippen LogP contribution in [0.2, 0.25) is 5.02 Å². The summed E-state index contributed by atoms with van der Waals surface area (Å²) in [5, 5.41) is 0.0267. The highest BCUT2D eigenvalue weighted by Gasteiger charge is 2.26. The summed E-state index contributed by atoms with van der Waals surface area (Å²) >= 11 is 5.64. The van der Waals surface area contributed by atoms with Gasteiger partial charge in [0.1, 0.15) is 0 Å². The van der Waals surface area contributed by atoms with Crippen LogP contribution in [0.15, 0.2) is 18.2 Å². The van der Waals surface area contributed by atoms with E-state index in [-0.39, 0.29) is 22.3 Å². The lowest BCUT2D eigenvalue weighted by Crippen LogP contribution is -2.12. The standard InChI is InChI=1S/C12H12ClFO/c13-10-7-3-6-9(11(10)14)12(15)8-4-1-2-5-8/h3,6-8H,1-2,4-5H2. The fraction of sp³-hybridized carbons (Fsp3) is 0.417. The third-order valence-electron chi connectivity index (χ3n) is 2.94. The van der Waals surface area contributed by atoms with E-state index in [1.807, 2.05) is 0 Å². The van der Waals surface area contributed by atoms with Crippen LogP contribution < -0.4 is 0 Å². The average molecular weight is 227 g/mol. The molecule has 80 valence electrons. The van der Waals surface area contributed by atoms with Crippen molar-refractivity contribution in [2.45, 2.75) is 25.7 Å². The Bertz CT molecular complexity index is 383. The van der Waals surface area contributed by atoms with Gasteiger partial charge in [-0.25, -0.2) is 4.39 Å². The van der Waals surface area contributed by atoms with Gasteiger partial charge in [-0.2, -0.15) is 0 Å². The monoisotopic (exact) mass is 226 g/mol. The van der Waals surface area contributed by atoms with Crippen LogP contribution in [0, 0.1) is 11.7 Å². The van der Waals surface area contributed by atoms with Gasteiger partial charge in [-0.15, -0.1) is 0 Å². The third-order valence-corrected chi connectivity index (χ3v) is 3.23. The fourth-order valence-corrected chi connectivity index (χ4v) is 2.28. The van der Waals surface area contributed by atoms with Crippen LogP contribution in [0.5, 0.6) is 0 Å². The van der Waals surface area contributed by atoms with Crippen molar-refractivity contribution in [2.75, 3.05) is 0 Å². The second-order valence-corrected chi connectivity index (χ2v) is 4.35. The van der Waals surface area contributed by atoms with Crippen molar-refractivity contribution < 1.29 is 9.18 Å². The van der Waals surface area contributed by atoms with E-state index in [4.69, 9.17) is 11.6 Å². The number of Topliss-reactive ketones (excluding diaryl/α,β-unsaturated/α-hetero) is 1. The maximum Gasteiger partial charge on any atom is 0.168 e. The molecule has 2 rings (SSSR count). The van der Waals surface area contributed by atoms with Crippen molar-refractivity contribution in [1.29, 1.82) is 0 Å². The maximum atomic E-state index is 13.6. The Morgan fingerprint density at radius 1 is 1.33 bits per heavy atom. The van der Waals surface area contributed by atoms with Crippen molar-refractivity contribution in [1.82, 2.24) is 0 Å². The first-order valence-corrected chi connectivity index (χ1v) is 5.56. The highest BCUT2D eigenvalue weighted by atomic mass is 35.5. The first-order valence-electron chi connectivity index (χ1n) is 5.18. The number of carbonyl (C=O) groups is 1. The summed E-state index contributed by atoms with van der Waals surface area (Å²) in [5.74, 6) is -0.665. The second kappa shape index (κ2) is 4.31. The van der Waals surface area contributed by atoms with Crippen molar-refractivity contribution in [3.63, 3.8) is 0 Å². The predicted molar refractivity (Wildman–Crippen MR) is 57.7 cm³/mol. The topological polar surface area (TPSA) is 17.1 Å². The van der Waals surface area contributed by atoms with Gasteiger partial charge in [0, 0.05) is 5.92 Å². The summed E-state index contributed by atoms with van der Waals surface area (Å²) in [4.78, 5) is 11.9. The molecule has 0 bridgehead atoms. The average Bonchev–Trinajstić information content (AvgIpc) is 2.74. The molecule has 1 aliphatic rings. The lowest BCUT2D eigenvalue weighted by molar-refractivity contribution is 0.0918. The molecule has 0 amide bonds. The Labute approximate surface area is 93.2 Å². The van der Waals surface area contributed by atoms with Gasteiger partial charge >= 0.3 is 0 Å². The second-order valence-electron chi connectivity index (χ2n) is 3.95. The van der Waals surface area contributed by atoms with Crippen molar-refractivity contribution in [2.24, 2.45) is 5.92 Å². The number of hydrogen-bond acceptors (Lipinski definition) is 1. The minimum atomic E-state index is -0.573. The normalized spacial score (nSPS) is 16.9. The molecule has 0 radical (unpaired) electrons. The molecule has 0 heterocycles. The molecule has 1 aromatic carbocycles. The number of benzene rings is 1. The van der Waals surface area contributed by atoms with E-state index >= 15 is 0 Å². The van der Waals surface area contributed by atoms with E-state index in [0.29, 0.717) is 0 Å². The number of rotatable bonds is 2. The Hall–Kier alpha value is -0.890. The minimum absolute atomic E-state index is 0.00188. The highest BCUT2D eigenvalue weighted by Crippen LogP contribution is 2.30. The number of hydrogen-bond donors (Lipinski definition) is 0. The molecule has 1 aromatic rings. The van der Waals surface area contributed by atoms with E-state index in [9.17, 15) is 9.18 Å². The van der Waals surface area contributed by atoms with E-state index in [2.05, 4.69) is 0 Å². The van der Waals surface area contributed by atoms with E-state index in [1.165, 1.54) is 12.1 Å². The van der Waals surface area contributed by atoms with Gasteiger partial charge in [-0.3, -0.25) is 4.79 Å². The molecule has 0 N–H and O–H groups in total. The Kier molecular flexibility index (Phi) is 3.06. The van der Waals surface area contributed by atoms with Gasteiger partial charge in [-0.1, -0.05) is 30.5 Å². The molecule has 1 fully saturated rings. The molecular formula is C12H12ClFO. The third kappa shape index (κ3) is 2.05. The predicted octanol–water partition coefficient (Wildman–Crippen LogP) is 3.85. The summed E-state index contributed by atoms with van der Waals surface area (Å²) in [5.41, 5.74) is 0.148. The summed E-state index contributed by atoms with van der Waals surface area (Å²) in [6.07, 6.45) is 3.90. The summed E-state index contributed by atoms with van der Waals surface area (Å²) < 4.78 is 13.6. The lowest BCUT2D eigenvalue weighted by Gasteiger charge is -2.09. The highest BCUT2D eigenvalue weighted by molar-refractivity contribution is 6.31. The molecule has 0 spiro atoms. The number of ketones is 1. The minimum Gasteiger partial charge on any atom is -0.294 e. The molecule has 0 aromatic heterocycles. The summed E-state index contributed by atoms with van der Waals surface area (Å²) in [7, 11) is 0. The van der Waals surface area contributed by atoms with Gasteiger partial charge in [0.15, 0.2) is 11.6 Å². The lowest BCUT2D eigenvalue weighted by atomic mass is 9.96. The zero-order valence-corrected chi connectivity index (χ0v) is 9.06. The molecule has 0 saturated heterocycles. The quantitative estimate of drug-likeness (QED) is 0.700. The van der Waals surface area contributed by atoms with Crippen LogP contribution in [0.4, 0.5) is 4.39 Å². The van der Waals surface area contributed by atoms with Crippen LogP contribution in [-0.2, 0) is 0 Å². The largest absolute Gasteiger partial charge is 0.294 e. The van der Waals surface area contributed by atoms with Gasteiger partial charge < -0.3 is 0 Å². The van der Waals surface area contributed by atoms with Crippen LogP contribution >= 0.6 is 11.6 Å². The molecular weight excluding hydrogens is 215 g/mol. The molecule has 1 aliphatic carbocycles. The first-order chi connectivity index (χ1) is 7.20. The number of carbonyl (C=O) groups excluding carboxylic acids is 1. The maximum absolute atomic E-state index is 13.6. The van der Waals surface area contributed by atoms with Crippen molar-refractivity contribution >= 4 is 17.4 Å².